The topological polar surface area (TPSA) is 42.1 Å². The fraction of sp³-hybridized carbons (Fsp3) is 0.267. The van der Waals surface area contributed by atoms with Crippen LogP contribution in [-0.4, -0.2) is 16.4 Å². The van der Waals surface area contributed by atoms with Crippen molar-refractivity contribution in [3.8, 4) is 0 Å². The smallest absolute Gasteiger partial charge is 0.181 e. The van der Waals surface area contributed by atoms with Crippen LogP contribution in [-0.2, 0) is 19.5 Å². The van der Waals surface area contributed by atoms with E-state index < -0.39 is 0 Å². The highest BCUT2D eigenvalue weighted by Crippen LogP contribution is 2.27. The Kier molecular flexibility index (Phi) is 2.98. The SMILES string of the molecule is Nc1nc2ccc(CN3CCc4sccc4C3)cc2s1. The van der Waals surface area contributed by atoms with Crippen LogP contribution in [0.5, 0.6) is 0 Å². The summed E-state index contributed by atoms with van der Waals surface area (Å²) in [5.41, 5.74) is 9.62. The highest BCUT2D eigenvalue weighted by atomic mass is 32.1. The molecule has 1 aliphatic heterocycles. The molecule has 1 aliphatic rings. The molecule has 0 atom stereocenters. The third kappa shape index (κ3) is 2.22. The first-order chi connectivity index (χ1) is 9.78. The van der Waals surface area contributed by atoms with E-state index in [1.54, 1.807) is 16.2 Å². The first-order valence-electron chi connectivity index (χ1n) is 6.70. The molecule has 0 unspecified atom stereocenters. The van der Waals surface area contributed by atoms with Gasteiger partial charge in [0.05, 0.1) is 10.2 Å². The number of anilines is 1. The van der Waals surface area contributed by atoms with E-state index in [0.717, 1.165) is 25.2 Å². The third-order valence-electron chi connectivity index (χ3n) is 3.76. The first kappa shape index (κ1) is 12.3. The molecule has 4 rings (SSSR count). The lowest BCUT2D eigenvalue weighted by molar-refractivity contribution is 0.247. The zero-order chi connectivity index (χ0) is 13.5. The highest BCUT2D eigenvalue weighted by Gasteiger charge is 2.17. The van der Waals surface area contributed by atoms with Crippen molar-refractivity contribution in [3.63, 3.8) is 0 Å². The molecule has 0 amide bonds. The van der Waals surface area contributed by atoms with Gasteiger partial charge >= 0.3 is 0 Å². The molecular formula is C15H15N3S2. The zero-order valence-corrected chi connectivity index (χ0v) is 12.6. The van der Waals surface area contributed by atoms with Crippen molar-refractivity contribution >= 4 is 38.0 Å². The summed E-state index contributed by atoms with van der Waals surface area (Å²) in [6, 6.07) is 8.74. The Hall–Kier alpha value is -1.43. The maximum absolute atomic E-state index is 5.76. The number of aromatic nitrogens is 1. The summed E-state index contributed by atoms with van der Waals surface area (Å²) in [5, 5.41) is 2.86. The molecule has 102 valence electrons. The molecule has 0 bridgehead atoms. The predicted molar refractivity (Wildman–Crippen MR) is 86.2 cm³/mol. The van der Waals surface area contributed by atoms with Crippen molar-refractivity contribution in [2.24, 2.45) is 0 Å². The van der Waals surface area contributed by atoms with Crippen LogP contribution in [0.1, 0.15) is 16.0 Å². The lowest BCUT2D eigenvalue weighted by Crippen LogP contribution is -2.29. The molecule has 2 aromatic heterocycles. The average molecular weight is 301 g/mol. The quantitative estimate of drug-likeness (QED) is 0.788. The van der Waals surface area contributed by atoms with Crippen LogP contribution in [0.3, 0.4) is 0 Å². The van der Waals surface area contributed by atoms with Gasteiger partial charge in [-0.05, 0) is 41.1 Å². The van der Waals surface area contributed by atoms with Gasteiger partial charge in [0.15, 0.2) is 5.13 Å². The number of hydrogen-bond donors (Lipinski definition) is 1. The second-order valence-electron chi connectivity index (χ2n) is 5.18. The van der Waals surface area contributed by atoms with Crippen LogP contribution in [0.4, 0.5) is 5.13 Å². The second kappa shape index (κ2) is 4.84. The molecule has 20 heavy (non-hydrogen) atoms. The molecule has 0 fully saturated rings. The molecule has 3 nitrogen and oxygen atoms in total. The van der Waals surface area contributed by atoms with Crippen molar-refractivity contribution in [1.29, 1.82) is 0 Å². The Labute approximate surface area is 125 Å². The number of rotatable bonds is 2. The van der Waals surface area contributed by atoms with Crippen LogP contribution < -0.4 is 5.73 Å². The summed E-state index contributed by atoms with van der Waals surface area (Å²) in [5.74, 6) is 0. The standard InChI is InChI=1S/C15H15N3S2/c16-15-17-12-2-1-10(7-14(12)20-15)8-18-5-3-13-11(9-18)4-6-19-13/h1-2,4,6-7H,3,5,8-9H2,(H2,16,17). The number of thiazole rings is 1. The van der Waals surface area contributed by atoms with Crippen molar-refractivity contribution in [2.75, 3.05) is 12.3 Å². The molecule has 0 spiro atoms. The number of thiophene rings is 1. The Bertz CT molecular complexity index is 759. The van der Waals surface area contributed by atoms with Gasteiger partial charge in [0.1, 0.15) is 0 Å². The molecule has 0 radical (unpaired) electrons. The largest absolute Gasteiger partial charge is 0.375 e. The van der Waals surface area contributed by atoms with E-state index in [4.69, 9.17) is 5.73 Å². The van der Waals surface area contributed by atoms with Gasteiger partial charge in [-0.25, -0.2) is 4.98 Å². The molecule has 1 aromatic carbocycles. The molecule has 0 saturated carbocycles. The van der Waals surface area contributed by atoms with Crippen molar-refractivity contribution < 1.29 is 0 Å². The number of nitrogen functional groups attached to an aromatic ring is 1. The first-order valence-corrected chi connectivity index (χ1v) is 8.40. The molecule has 3 aromatic rings. The molecule has 0 aliphatic carbocycles. The fourth-order valence-electron chi connectivity index (χ4n) is 2.79. The Balaban J connectivity index is 1.56. The van der Waals surface area contributed by atoms with Crippen LogP contribution in [0.2, 0.25) is 0 Å². The van der Waals surface area contributed by atoms with Gasteiger partial charge in [0, 0.05) is 24.5 Å². The summed E-state index contributed by atoms with van der Waals surface area (Å²) in [7, 11) is 0. The average Bonchev–Trinajstić information content (AvgIpc) is 3.02. The minimum absolute atomic E-state index is 0.651. The molecule has 0 saturated heterocycles. The molecular weight excluding hydrogens is 286 g/mol. The summed E-state index contributed by atoms with van der Waals surface area (Å²) >= 11 is 3.46. The molecule has 5 heteroatoms. The monoisotopic (exact) mass is 301 g/mol. The van der Waals surface area contributed by atoms with Gasteiger partial charge in [-0.3, -0.25) is 4.90 Å². The van der Waals surface area contributed by atoms with Crippen LogP contribution in [0.25, 0.3) is 10.2 Å². The number of hydrogen-bond acceptors (Lipinski definition) is 5. The van der Waals surface area contributed by atoms with E-state index in [1.165, 1.54) is 22.2 Å². The zero-order valence-electron chi connectivity index (χ0n) is 11.0. The van der Waals surface area contributed by atoms with Gasteiger partial charge in [0.25, 0.3) is 0 Å². The lowest BCUT2D eigenvalue weighted by Gasteiger charge is -2.26. The van der Waals surface area contributed by atoms with E-state index in [1.807, 2.05) is 11.3 Å². The maximum Gasteiger partial charge on any atom is 0.181 e. The number of fused-ring (bicyclic) bond motifs is 2. The lowest BCUT2D eigenvalue weighted by atomic mass is 10.1. The van der Waals surface area contributed by atoms with E-state index in [0.29, 0.717) is 5.13 Å². The van der Waals surface area contributed by atoms with Crippen molar-refractivity contribution in [1.82, 2.24) is 9.88 Å². The van der Waals surface area contributed by atoms with E-state index in [-0.39, 0.29) is 0 Å². The van der Waals surface area contributed by atoms with Crippen LogP contribution in [0.15, 0.2) is 29.6 Å². The number of benzene rings is 1. The Morgan fingerprint density at radius 1 is 1.30 bits per heavy atom. The van der Waals surface area contributed by atoms with Crippen molar-refractivity contribution in [2.45, 2.75) is 19.5 Å². The van der Waals surface area contributed by atoms with E-state index in [2.05, 4.69) is 39.5 Å². The van der Waals surface area contributed by atoms with Crippen LogP contribution >= 0.6 is 22.7 Å². The third-order valence-corrected chi connectivity index (χ3v) is 5.63. The van der Waals surface area contributed by atoms with Gasteiger partial charge in [-0.1, -0.05) is 17.4 Å². The number of nitrogens with zero attached hydrogens (tertiary/aromatic N) is 2. The van der Waals surface area contributed by atoms with E-state index in [9.17, 15) is 0 Å². The second-order valence-corrected chi connectivity index (χ2v) is 7.25. The Morgan fingerprint density at radius 3 is 3.20 bits per heavy atom. The van der Waals surface area contributed by atoms with Crippen molar-refractivity contribution in [3.05, 3.63) is 45.6 Å². The summed E-state index contributed by atoms with van der Waals surface area (Å²) in [6.07, 6.45) is 1.18. The molecule has 2 N–H and O–H groups in total. The Morgan fingerprint density at radius 2 is 2.25 bits per heavy atom. The van der Waals surface area contributed by atoms with Gasteiger partial charge in [-0.15, -0.1) is 11.3 Å². The summed E-state index contributed by atoms with van der Waals surface area (Å²) < 4.78 is 1.19. The molecule has 3 heterocycles. The fourth-order valence-corrected chi connectivity index (χ4v) is 4.47. The summed E-state index contributed by atoms with van der Waals surface area (Å²) in [6.45, 7) is 3.22. The van der Waals surface area contributed by atoms with E-state index >= 15 is 0 Å². The van der Waals surface area contributed by atoms with Gasteiger partial charge < -0.3 is 5.73 Å². The minimum Gasteiger partial charge on any atom is -0.375 e. The number of nitrogens with two attached hydrogens (primary N) is 1. The van der Waals surface area contributed by atoms with Gasteiger partial charge in [0.2, 0.25) is 0 Å². The van der Waals surface area contributed by atoms with Crippen LogP contribution in [0, 0.1) is 0 Å². The minimum atomic E-state index is 0.651. The maximum atomic E-state index is 5.76. The van der Waals surface area contributed by atoms with Gasteiger partial charge in [-0.2, -0.15) is 0 Å². The predicted octanol–water partition coefficient (Wildman–Crippen LogP) is 3.50. The normalized spacial score (nSPS) is 15.6. The highest BCUT2D eigenvalue weighted by molar-refractivity contribution is 7.22. The summed E-state index contributed by atoms with van der Waals surface area (Å²) in [4.78, 5) is 8.38.